The fourth-order valence-corrected chi connectivity index (χ4v) is 15.3. The summed E-state index contributed by atoms with van der Waals surface area (Å²) in [7, 11) is -2.58. The first-order valence-electron chi connectivity index (χ1n) is 5.77. The van der Waals surface area contributed by atoms with Crippen molar-refractivity contribution in [1.29, 1.82) is 0 Å². The van der Waals surface area contributed by atoms with Crippen molar-refractivity contribution >= 4 is 16.1 Å². The zero-order valence-corrected chi connectivity index (χ0v) is 13.4. The molecule has 0 aliphatic carbocycles. The van der Waals surface area contributed by atoms with E-state index in [-0.39, 0.29) is 4.79 Å². The van der Waals surface area contributed by atoms with E-state index in [1.165, 1.54) is 6.42 Å². The molecule has 0 saturated carbocycles. The van der Waals surface area contributed by atoms with Crippen LogP contribution in [-0.2, 0) is 0 Å². The fraction of sp³-hybridized carbons (Fsp3) is 1.00. The molecule has 0 aliphatic rings. The van der Waals surface area contributed by atoms with E-state index in [0.29, 0.717) is 5.92 Å². The Bertz CT molecular complexity index is 174. The van der Waals surface area contributed by atoms with Crippen LogP contribution >= 0.6 is 0 Å². The second-order valence-corrected chi connectivity index (χ2v) is 17.8. The Morgan fingerprint density at radius 1 is 1.00 bits per heavy atom. The van der Waals surface area contributed by atoms with Gasteiger partial charge in [-0.15, -0.1) is 0 Å². The summed E-state index contributed by atoms with van der Waals surface area (Å²) in [5, 5.41) is 0. The molecular formula is C11H29NSi2. The van der Waals surface area contributed by atoms with Crippen LogP contribution in [0.4, 0.5) is 0 Å². The van der Waals surface area contributed by atoms with Crippen LogP contribution in [-0.4, -0.2) is 20.9 Å². The van der Waals surface area contributed by atoms with E-state index in [1.807, 2.05) is 0 Å². The first-order valence-corrected chi connectivity index (χ1v) is 12.8. The van der Waals surface area contributed by atoms with E-state index in [9.17, 15) is 0 Å². The van der Waals surface area contributed by atoms with Crippen LogP contribution in [0.25, 0.3) is 0 Å². The number of hydrogen-bond acceptors (Lipinski definition) is 1. The third kappa shape index (κ3) is 2.31. The Balaban J connectivity index is 5.29. The van der Waals surface area contributed by atoms with Gasteiger partial charge < -0.3 is 5.73 Å². The molecule has 0 aliphatic heterocycles. The minimum atomic E-state index is -1.29. The molecule has 1 nitrogen and oxygen atoms in total. The minimum Gasteiger partial charge on any atom is -0.330 e. The Labute approximate surface area is 92.5 Å². The van der Waals surface area contributed by atoms with Gasteiger partial charge in [0, 0.05) is 4.79 Å². The highest BCUT2D eigenvalue weighted by molar-refractivity contribution is 6.98. The lowest BCUT2D eigenvalue weighted by Gasteiger charge is -2.53. The largest absolute Gasteiger partial charge is 0.330 e. The van der Waals surface area contributed by atoms with Crippen molar-refractivity contribution < 1.29 is 0 Å². The molecule has 0 rings (SSSR count). The van der Waals surface area contributed by atoms with Crippen LogP contribution < -0.4 is 5.73 Å². The molecule has 1 unspecified atom stereocenters. The van der Waals surface area contributed by atoms with Crippen molar-refractivity contribution in [3.8, 4) is 0 Å². The highest BCUT2D eigenvalue weighted by atomic mass is 28.4. The Kier molecular flexibility index (Phi) is 4.22. The van der Waals surface area contributed by atoms with Crippen LogP contribution in [0.2, 0.25) is 39.3 Å². The van der Waals surface area contributed by atoms with Gasteiger partial charge in [0.25, 0.3) is 0 Å². The highest BCUT2D eigenvalue weighted by Crippen LogP contribution is 2.36. The Morgan fingerprint density at radius 3 is 1.36 bits per heavy atom. The topological polar surface area (TPSA) is 26.0 Å². The molecule has 0 bridgehead atoms. The summed E-state index contributed by atoms with van der Waals surface area (Å²) < 4.78 is 0. The standard InChI is InChI=1S/C11H29NSi2/c1-9-10(2)11(12,13(3,4)5)14(6,7)8/h10H,9,12H2,1-8H3. The molecule has 0 saturated heterocycles. The molecule has 0 heterocycles. The predicted molar refractivity (Wildman–Crippen MR) is 73.1 cm³/mol. The lowest BCUT2D eigenvalue weighted by molar-refractivity contribution is 0.466. The van der Waals surface area contributed by atoms with Crippen molar-refractivity contribution in [3.63, 3.8) is 0 Å². The first-order chi connectivity index (χ1) is 5.98. The molecule has 2 N–H and O–H groups in total. The van der Waals surface area contributed by atoms with Crippen molar-refractivity contribution in [2.45, 2.75) is 64.3 Å². The molecule has 0 amide bonds. The molecule has 14 heavy (non-hydrogen) atoms. The van der Waals surface area contributed by atoms with Gasteiger partial charge in [-0.05, 0) is 5.92 Å². The SMILES string of the molecule is CCC(C)C(N)([Si](C)(C)C)[Si](C)(C)C. The van der Waals surface area contributed by atoms with Gasteiger partial charge in [0.15, 0.2) is 0 Å². The molecule has 0 radical (unpaired) electrons. The fourth-order valence-electron chi connectivity index (χ4n) is 2.93. The van der Waals surface area contributed by atoms with Gasteiger partial charge in [-0.25, -0.2) is 0 Å². The number of hydrogen-bond donors (Lipinski definition) is 1. The Hall–Kier alpha value is 0.394. The summed E-state index contributed by atoms with van der Waals surface area (Å²) in [5.41, 5.74) is 6.83. The quantitative estimate of drug-likeness (QED) is 0.737. The number of nitrogens with two attached hydrogens (primary N) is 1. The average Bonchev–Trinajstić information content (AvgIpc) is 1.97. The lowest BCUT2D eigenvalue weighted by Crippen LogP contribution is -2.75. The third-order valence-electron chi connectivity index (χ3n) is 3.87. The maximum absolute atomic E-state index is 6.83. The van der Waals surface area contributed by atoms with Gasteiger partial charge >= 0.3 is 0 Å². The zero-order valence-electron chi connectivity index (χ0n) is 11.4. The summed E-state index contributed by atoms with van der Waals surface area (Å²) in [5.74, 6) is 0.667. The second kappa shape index (κ2) is 4.10. The monoisotopic (exact) mass is 231 g/mol. The maximum Gasteiger partial charge on any atom is 0.0637 e. The minimum absolute atomic E-state index is 0.161. The van der Waals surface area contributed by atoms with Crippen molar-refractivity contribution in [2.75, 3.05) is 0 Å². The molecule has 0 spiro atoms. The summed E-state index contributed by atoms with van der Waals surface area (Å²) in [6, 6.07) is 0. The van der Waals surface area contributed by atoms with Gasteiger partial charge in [-0.2, -0.15) is 0 Å². The van der Waals surface area contributed by atoms with Crippen LogP contribution in [0.5, 0.6) is 0 Å². The van der Waals surface area contributed by atoms with E-state index in [4.69, 9.17) is 5.73 Å². The lowest BCUT2D eigenvalue weighted by atomic mass is 10.1. The van der Waals surface area contributed by atoms with Gasteiger partial charge in [0.05, 0.1) is 16.1 Å². The van der Waals surface area contributed by atoms with E-state index < -0.39 is 16.1 Å². The van der Waals surface area contributed by atoms with Crippen LogP contribution in [0.1, 0.15) is 20.3 Å². The van der Waals surface area contributed by atoms with Gasteiger partial charge in [0.1, 0.15) is 0 Å². The molecule has 3 heteroatoms. The van der Waals surface area contributed by atoms with Crippen LogP contribution in [0.3, 0.4) is 0 Å². The van der Waals surface area contributed by atoms with Gasteiger partial charge in [-0.1, -0.05) is 59.6 Å². The summed E-state index contributed by atoms with van der Waals surface area (Å²) >= 11 is 0. The van der Waals surface area contributed by atoms with E-state index >= 15 is 0 Å². The summed E-state index contributed by atoms with van der Waals surface area (Å²) in [6.45, 7) is 19.2. The van der Waals surface area contributed by atoms with Crippen LogP contribution in [0.15, 0.2) is 0 Å². The molecule has 1 atom stereocenters. The van der Waals surface area contributed by atoms with Crippen LogP contribution in [0, 0.1) is 5.92 Å². The number of rotatable bonds is 4. The molecule has 0 aromatic heterocycles. The highest BCUT2D eigenvalue weighted by Gasteiger charge is 2.52. The average molecular weight is 232 g/mol. The molecule has 0 aromatic rings. The normalized spacial score (nSPS) is 16.9. The predicted octanol–water partition coefficient (Wildman–Crippen LogP) is 3.48. The van der Waals surface area contributed by atoms with E-state index in [1.54, 1.807) is 0 Å². The zero-order chi connectivity index (χ0) is 11.8. The van der Waals surface area contributed by atoms with Crippen molar-refractivity contribution in [3.05, 3.63) is 0 Å². The summed E-state index contributed by atoms with van der Waals surface area (Å²) in [4.78, 5) is 0.161. The van der Waals surface area contributed by atoms with Gasteiger partial charge in [0.2, 0.25) is 0 Å². The van der Waals surface area contributed by atoms with E-state index in [0.717, 1.165) is 0 Å². The maximum atomic E-state index is 6.83. The van der Waals surface area contributed by atoms with E-state index in [2.05, 4.69) is 53.1 Å². The first kappa shape index (κ1) is 14.4. The van der Waals surface area contributed by atoms with Crippen molar-refractivity contribution in [1.82, 2.24) is 0 Å². The van der Waals surface area contributed by atoms with Crippen molar-refractivity contribution in [2.24, 2.45) is 11.7 Å². The molecule has 0 fully saturated rings. The molecule has 0 aromatic carbocycles. The Morgan fingerprint density at radius 2 is 1.29 bits per heavy atom. The molecule has 86 valence electrons. The second-order valence-electron chi connectivity index (χ2n) is 6.68. The smallest absolute Gasteiger partial charge is 0.0637 e. The van der Waals surface area contributed by atoms with Gasteiger partial charge in [-0.3, -0.25) is 0 Å². The third-order valence-corrected chi connectivity index (χ3v) is 14.3. The molecular weight excluding hydrogens is 202 g/mol. The summed E-state index contributed by atoms with van der Waals surface area (Å²) in [6.07, 6.45) is 1.21.